The maximum atomic E-state index is 11.6. The molecular formula is C17H14O3. The minimum atomic E-state index is -0.383. The van der Waals surface area contributed by atoms with Gasteiger partial charge in [0.2, 0.25) is 0 Å². The molecule has 20 heavy (non-hydrogen) atoms. The molecular weight excluding hydrogens is 252 g/mol. The average molecular weight is 266 g/mol. The van der Waals surface area contributed by atoms with Crippen LogP contribution in [-0.2, 0) is 12.8 Å². The Kier molecular flexibility index (Phi) is 3.25. The van der Waals surface area contributed by atoms with E-state index in [2.05, 4.69) is 12.1 Å². The maximum Gasteiger partial charge on any atom is 0.336 e. The Morgan fingerprint density at radius 3 is 2.55 bits per heavy atom. The molecule has 3 rings (SSSR count). The van der Waals surface area contributed by atoms with E-state index in [1.807, 2.05) is 18.2 Å². The summed E-state index contributed by atoms with van der Waals surface area (Å²) >= 11 is 0. The van der Waals surface area contributed by atoms with Gasteiger partial charge in [0.25, 0.3) is 0 Å². The van der Waals surface area contributed by atoms with Crippen LogP contribution in [0.25, 0.3) is 11.0 Å². The molecule has 2 aromatic carbocycles. The van der Waals surface area contributed by atoms with Crippen molar-refractivity contribution >= 4 is 11.0 Å². The Labute approximate surface area is 116 Å². The van der Waals surface area contributed by atoms with E-state index in [9.17, 15) is 9.90 Å². The molecule has 1 N–H and O–H groups in total. The Morgan fingerprint density at radius 2 is 1.75 bits per heavy atom. The summed E-state index contributed by atoms with van der Waals surface area (Å²) in [7, 11) is 0. The highest BCUT2D eigenvalue weighted by atomic mass is 16.4. The lowest BCUT2D eigenvalue weighted by Gasteiger charge is -2.06. The fourth-order valence-corrected chi connectivity index (χ4v) is 2.35. The van der Waals surface area contributed by atoms with Crippen molar-refractivity contribution in [3.63, 3.8) is 0 Å². The first-order valence-electron chi connectivity index (χ1n) is 6.52. The van der Waals surface area contributed by atoms with Crippen LogP contribution in [0.15, 0.2) is 63.8 Å². The topological polar surface area (TPSA) is 50.4 Å². The molecule has 0 aliphatic heterocycles. The Hall–Kier alpha value is -2.55. The summed E-state index contributed by atoms with van der Waals surface area (Å²) < 4.78 is 5.12. The third-order valence-corrected chi connectivity index (χ3v) is 3.34. The molecule has 0 amide bonds. The van der Waals surface area contributed by atoms with Gasteiger partial charge in [0.15, 0.2) is 0 Å². The monoisotopic (exact) mass is 266 g/mol. The van der Waals surface area contributed by atoms with E-state index < -0.39 is 0 Å². The van der Waals surface area contributed by atoms with Gasteiger partial charge in [0, 0.05) is 17.5 Å². The van der Waals surface area contributed by atoms with Crippen molar-refractivity contribution in [2.75, 3.05) is 0 Å². The van der Waals surface area contributed by atoms with E-state index in [4.69, 9.17) is 4.42 Å². The molecule has 1 aromatic heterocycles. The van der Waals surface area contributed by atoms with Crippen LogP contribution in [0.5, 0.6) is 5.75 Å². The van der Waals surface area contributed by atoms with Gasteiger partial charge in [-0.3, -0.25) is 0 Å². The third kappa shape index (κ3) is 2.57. The lowest BCUT2D eigenvalue weighted by molar-refractivity contribution is 0.473. The number of benzene rings is 2. The summed E-state index contributed by atoms with van der Waals surface area (Å²) in [6.45, 7) is 0. The second kappa shape index (κ2) is 5.21. The first-order chi connectivity index (χ1) is 9.72. The highest BCUT2D eigenvalue weighted by Crippen LogP contribution is 2.22. The van der Waals surface area contributed by atoms with E-state index in [-0.39, 0.29) is 11.4 Å². The molecule has 0 radical (unpaired) electrons. The molecule has 0 atom stereocenters. The number of fused-ring (bicyclic) bond motifs is 1. The van der Waals surface area contributed by atoms with Crippen LogP contribution in [0.2, 0.25) is 0 Å². The van der Waals surface area contributed by atoms with Gasteiger partial charge in [0.05, 0.1) is 0 Å². The second-order valence-electron chi connectivity index (χ2n) is 4.76. The molecule has 0 bridgehead atoms. The van der Waals surface area contributed by atoms with E-state index in [0.29, 0.717) is 5.58 Å². The summed E-state index contributed by atoms with van der Waals surface area (Å²) in [5.74, 6) is 0.0980. The van der Waals surface area contributed by atoms with Gasteiger partial charge in [-0.25, -0.2) is 4.79 Å². The summed E-state index contributed by atoms with van der Waals surface area (Å²) in [5, 5.41) is 10.3. The summed E-state index contributed by atoms with van der Waals surface area (Å²) in [6, 6.07) is 16.5. The van der Waals surface area contributed by atoms with Crippen LogP contribution in [0, 0.1) is 0 Å². The van der Waals surface area contributed by atoms with Crippen molar-refractivity contribution in [2.45, 2.75) is 12.8 Å². The van der Waals surface area contributed by atoms with Gasteiger partial charge >= 0.3 is 5.63 Å². The quantitative estimate of drug-likeness (QED) is 0.740. The van der Waals surface area contributed by atoms with Gasteiger partial charge in [-0.1, -0.05) is 30.3 Å². The molecule has 0 aliphatic rings. The highest BCUT2D eigenvalue weighted by Gasteiger charge is 2.06. The minimum Gasteiger partial charge on any atom is -0.508 e. The SMILES string of the molecule is O=c1cc(CCc2ccccc2)c2ccc(O)cc2o1. The zero-order valence-corrected chi connectivity index (χ0v) is 10.9. The molecule has 100 valence electrons. The molecule has 0 saturated heterocycles. The molecule has 3 nitrogen and oxygen atoms in total. The minimum absolute atomic E-state index is 0.0980. The Bertz CT molecular complexity index is 788. The number of aryl methyl sites for hydroxylation is 2. The van der Waals surface area contributed by atoms with Gasteiger partial charge < -0.3 is 9.52 Å². The van der Waals surface area contributed by atoms with Crippen LogP contribution in [-0.4, -0.2) is 5.11 Å². The standard InChI is InChI=1S/C17H14O3/c18-14-8-9-15-13(10-17(19)20-16(15)11-14)7-6-12-4-2-1-3-5-12/h1-5,8-11,18H,6-7H2. The molecule has 0 aliphatic carbocycles. The number of phenols is 1. The van der Waals surface area contributed by atoms with E-state index in [1.165, 1.54) is 17.7 Å². The Balaban J connectivity index is 1.97. The fourth-order valence-electron chi connectivity index (χ4n) is 2.35. The molecule has 1 heterocycles. The normalized spacial score (nSPS) is 10.8. The van der Waals surface area contributed by atoms with Gasteiger partial charge in [-0.2, -0.15) is 0 Å². The number of aromatic hydroxyl groups is 1. The van der Waals surface area contributed by atoms with Crippen LogP contribution >= 0.6 is 0 Å². The lowest BCUT2D eigenvalue weighted by Crippen LogP contribution is -2.02. The molecule has 0 fully saturated rings. The fraction of sp³-hybridized carbons (Fsp3) is 0.118. The number of phenolic OH excluding ortho intramolecular Hbond substituents is 1. The van der Waals surface area contributed by atoms with Crippen molar-refractivity contribution in [1.29, 1.82) is 0 Å². The average Bonchev–Trinajstić information content (AvgIpc) is 2.45. The zero-order valence-electron chi connectivity index (χ0n) is 10.9. The van der Waals surface area contributed by atoms with Crippen LogP contribution in [0.1, 0.15) is 11.1 Å². The van der Waals surface area contributed by atoms with Crippen molar-refractivity contribution in [2.24, 2.45) is 0 Å². The van der Waals surface area contributed by atoms with E-state index >= 15 is 0 Å². The third-order valence-electron chi connectivity index (χ3n) is 3.34. The van der Waals surface area contributed by atoms with Gasteiger partial charge in [0.1, 0.15) is 11.3 Å². The lowest BCUT2D eigenvalue weighted by atomic mass is 10.0. The smallest absolute Gasteiger partial charge is 0.336 e. The zero-order chi connectivity index (χ0) is 13.9. The predicted octanol–water partition coefficient (Wildman–Crippen LogP) is 3.28. The first kappa shape index (κ1) is 12.5. The van der Waals surface area contributed by atoms with Crippen LogP contribution in [0.4, 0.5) is 0 Å². The molecule has 0 unspecified atom stereocenters. The first-order valence-corrected chi connectivity index (χ1v) is 6.52. The number of hydrogen-bond acceptors (Lipinski definition) is 3. The molecule has 3 heteroatoms. The maximum absolute atomic E-state index is 11.6. The van der Waals surface area contributed by atoms with Crippen LogP contribution < -0.4 is 5.63 Å². The Morgan fingerprint density at radius 1 is 0.950 bits per heavy atom. The van der Waals surface area contributed by atoms with Crippen molar-refractivity contribution in [1.82, 2.24) is 0 Å². The largest absolute Gasteiger partial charge is 0.508 e. The van der Waals surface area contributed by atoms with E-state index in [1.54, 1.807) is 12.1 Å². The predicted molar refractivity (Wildman–Crippen MR) is 78.0 cm³/mol. The summed E-state index contributed by atoms with van der Waals surface area (Å²) in [4.78, 5) is 11.6. The van der Waals surface area contributed by atoms with Crippen molar-refractivity contribution in [3.8, 4) is 5.75 Å². The molecule has 3 aromatic rings. The highest BCUT2D eigenvalue weighted by molar-refractivity contribution is 5.81. The van der Waals surface area contributed by atoms with Crippen molar-refractivity contribution < 1.29 is 9.52 Å². The summed E-state index contributed by atoms with van der Waals surface area (Å²) in [5.41, 5.74) is 2.22. The number of hydrogen-bond donors (Lipinski definition) is 1. The summed E-state index contributed by atoms with van der Waals surface area (Å²) in [6.07, 6.45) is 1.62. The van der Waals surface area contributed by atoms with Gasteiger partial charge in [-0.05, 0) is 36.1 Å². The number of rotatable bonds is 3. The van der Waals surface area contributed by atoms with Gasteiger partial charge in [-0.15, -0.1) is 0 Å². The van der Waals surface area contributed by atoms with Crippen LogP contribution in [0.3, 0.4) is 0 Å². The van der Waals surface area contributed by atoms with Crippen molar-refractivity contribution in [3.05, 3.63) is 76.1 Å². The second-order valence-corrected chi connectivity index (χ2v) is 4.76. The van der Waals surface area contributed by atoms with E-state index in [0.717, 1.165) is 23.8 Å². The molecule has 0 saturated carbocycles. The molecule has 0 spiro atoms.